The third kappa shape index (κ3) is 4.34. The summed E-state index contributed by atoms with van der Waals surface area (Å²) in [7, 11) is 2.01. The summed E-state index contributed by atoms with van der Waals surface area (Å²) in [6, 6.07) is 7.85. The van der Waals surface area contributed by atoms with Crippen LogP contribution in [0.3, 0.4) is 0 Å². The van der Waals surface area contributed by atoms with Crippen LogP contribution in [0.5, 0.6) is 0 Å². The lowest BCUT2D eigenvalue weighted by molar-refractivity contribution is -0.137. The Balaban J connectivity index is 1.08. The summed E-state index contributed by atoms with van der Waals surface area (Å²) in [6.07, 6.45) is -0.961. The number of likely N-dealkylation sites (tertiary alicyclic amines) is 1. The molecule has 1 saturated heterocycles. The molecule has 2 aromatic heterocycles. The number of thiophene rings is 1. The summed E-state index contributed by atoms with van der Waals surface area (Å²) >= 11 is 3.39. The van der Waals surface area contributed by atoms with Crippen molar-refractivity contribution >= 4 is 23.1 Å². The number of benzene rings is 1. The number of rotatable bonds is 7. The SMILES string of the molecule is Cn1c(SCCCN2CC[C@]3(CC3c3ccc(C(F)(F)F)cc3)C2)nnc1-c1ccsc1. The molecular weight excluding hydrogens is 453 g/mol. The van der Waals surface area contributed by atoms with E-state index in [2.05, 4.69) is 31.1 Å². The van der Waals surface area contributed by atoms with E-state index in [1.165, 1.54) is 12.1 Å². The van der Waals surface area contributed by atoms with Crippen LogP contribution in [-0.4, -0.2) is 45.1 Å². The van der Waals surface area contributed by atoms with Crippen molar-refractivity contribution < 1.29 is 13.2 Å². The first-order valence-corrected chi connectivity index (χ1v) is 12.7. The molecule has 1 aliphatic carbocycles. The molecule has 2 fully saturated rings. The molecule has 1 spiro atoms. The second-order valence-electron chi connectivity index (χ2n) is 8.84. The summed E-state index contributed by atoms with van der Waals surface area (Å²) in [5, 5.41) is 13.7. The second kappa shape index (κ2) is 8.50. The summed E-state index contributed by atoms with van der Waals surface area (Å²) < 4.78 is 40.5. The summed E-state index contributed by atoms with van der Waals surface area (Å²) in [4.78, 5) is 2.51. The minimum atomic E-state index is -4.27. The molecule has 170 valence electrons. The lowest BCUT2D eigenvalue weighted by Crippen LogP contribution is -2.23. The van der Waals surface area contributed by atoms with E-state index in [0.717, 1.165) is 66.8 Å². The zero-order valence-electron chi connectivity index (χ0n) is 17.8. The van der Waals surface area contributed by atoms with Gasteiger partial charge in [-0.25, -0.2) is 0 Å². The van der Waals surface area contributed by atoms with Crippen molar-refractivity contribution in [3.63, 3.8) is 0 Å². The maximum atomic E-state index is 12.8. The van der Waals surface area contributed by atoms with Crippen molar-refractivity contribution in [1.82, 2.24) is 19.7 Å². The van der Waals surface area contributed by atoms with Crippen LogP contribution in [0.1, 0.15) is 36.3 Å². The van der Waals surface area contributed by atoms with E-state index in [1.807, 2.05) is 12.4 Å². The Bertz CT molecular complexity index is 1060. The third-order valence-electron chi connectivity index (χ3n) is 6.76. The van der Waals surface area contributed by atoms with Crippen molar-refractivity contribution in [3.8, 4) is 11.4 Å². The van der Waals surface area contributed by atoms with Crippen LogP contribution in [0.25, 0.3) is 11.4 Å². The highest BCUT2D eigenvalue weighted by molar-refractivity contribution is 7.99. The van der Waals surface area contributed by atoms with Gasteiger partial charge in [-0.05, 0) is 72.8 Å². The molecule has 0 bridgehead atoms. The average molecular weight is 479 g/mol. The number of alkyl halides is 3. The highest BCUT2D eigenvalue weighted by atomic mass is 32.2. The number of hydrogen-bond donors (Lipinski definition) is 0. The molecular formula is C23H25F3N4S2. The smallest absolute Gasteiger partial charge is 0.305 e. The molecule has 0 N–H and O–H groups in total. The van der Waals surface area contributed by atoms with Gasteiger partial charge in [-0.2, -0.15) is 24.5 Å². The molecule has 0 amide bonds. The van der Waals surface area contributed by atoms with E-state index in [-0.39, 0.29) is 5.41 Å². The Hall–Kier alpha value is -1.84. The molecule has 2 atom stereocenters. The molecule has 5 rings (SSSR count). The second-order valence-corrected chi connectivity index (χ2v) is 10.7. The van der Waals surface area contributed by atoms with Gasteiger partial charge in [0.1, 0.15) is 0 Å². The quantitative estimate of drug-likeness (QED) is 0.312. The fourth-order valence-electron chi connectivity index (χ4n) is 4.88. The van der Waals surface area contributed by atoms with Crippen LogP contribution in [0.15, 0.2) is 46.2 Å². The van der Waals surface area contributed by atoms with Gasteiger partial charge >= 0.3 is 6.18 Å². The molecule has 1 aromatic carbocycles. The van der Waals surface area contributed by atoms with Gasteiger partial charge in [0, 0.05) is 30.3 Å². The molecule has 2 aliphatic rings. The van der Waals surface area contributed by atoms with Gasteiger partial charge in [0.25, 0.3) is 0 Å². The lowest BCUT2D eigenvalue weighted by Gasteiger charge is -2.16. The minimum Gasteiger partial charge on any atom is -0.305 e. The maximum Gasteiger partial charge on any atom is 0.416 e. The first-order chi connectivity index (χ1) is 15.4. The molecule has 9 heteroatoms. The van der Waals surface area contributed by atoms with Gasteiger partial charge in [0.15, 0.2) is 11.0 Å². The summed E-state index contributed by atoms with van der Waals surface area (Å²) in [6.45, 7) is 3.17. The van der Waals surface area contributed by atoms with E-state index in [1.54, 1.807) is 35.2 Å². The topological polar surface area (TPSA) is 34.0 Å². The Kier molecular flexibility index (Phi) is 5.84. The third-order valence-corrected chi connectivity index (χ3v) is 8.55. The summed E-state index contributed by atoms with van der Waals surface area (Å²) in [5.74, 6) is 2.29. The van der Waals surface area contributed by atoms with Gasteiger partial charge in [-0.1, -0.05) is 23.9 Å². The lowest BCUT2D eigenvalue weighted by atomic mass is 9.97. The molecule has 32 heavy (non-hydrogen) atoms. The Labute approximate surface area is 193 Å². The van der Waals surface area contributed by atoms with Gasteiger partial charge in [-0.3, -0.25) is 0 Å². The largest absolute Gasteiger partial charge is 0.416 e. The molecule has 1 aliphatic heterocycles. The van der Waals surface area contributed by atoms with E-state index in [4.69, 9.17) is 0 Å². The van der Waals surface area contributed by atoms with Gasteiger partial charge in [0.05, 0.1) is 5.56 Å². The molecule has 1 unspecified atom stereocenters. The van der Waals surface area contributed by atoms with E-state index >= 15 is 0 Å². The zero-order chi connectivity index (χ0) is 22.3. The number of nitrogens with zero attached hydrogens (tertiary/aromatic N) is 4. The Morgan fingerprint density at radius 1 is 1.19 bits per heavy atom. The highest BCUT2D eigenvalue weighted by Crippen LogP contribution is 2.64. The maximum absolute atomic E-state index is 12.8. The van der Waals surface area contributed by atoms with E-state index < -0.39 is 11.7 Å². The minimum absolute atomic E-state index is 0.270. The zero-order valence-corrected chi connectivity index (χ0v) is 19.4. The molecule has 1 saturated carbocycles. The number of halogens is 3. The number of hydrogen-bond acceptors (Lipinski definition) is 5. The standard InChI is InChI=1S/C23H25F3N4S2/c1-29-20(17-7-12-31-14-17)27-28-21(29)32-11-2-9-30-10-8-22(15-30)13-19(22)16-3-5-18(6-4-16)23(24,25)26/h3-7,12,14,19H,2,8-11,13,15H2,1H3/t19?,22-/m0/s1. The van der Waals surface area contributed by atoms with Crippen molar-refractivity contribution in [3.05, 3.63) is 52.2 Å². The van der Waals surface area contributed by atoms with E-state index in [0.29, 0.717) is 5.92 Å². The van der Waals surface area contributed by atoms with Gasteiger partial charge in [0.2, 0.25) is 0 Å². The van der Waals surface area contributed by atoms with Crippen LogP contribution in [0.2, 0.25) is 0 Å². The monoisotopic (exact) mass is 478 g/mol. The van der Waals surface area contributed by atoms with Crippen molar-refractivity contribution in [2.75, 3.05) is 25.4 Å². The molecule has 3 aromatic rings. The first kappa shape index (κ1) is 22.0. The number of thioether (sulfide) groups is 1. The van der Waals surface area contributed by atoms with Crippen LogP contribution >= 0.6 is 23.1 Å². The van der Waals surface area contributed by atoms with E-state index in [9.17, 15) is 13.2 Å². The van der Waals surface area contributed by atoms with Crippen LogP contribution < -0.4 is 0 Å². The van der Waals surface area contributed by atoms with Gasteiger partial charge < -0.3 is 9.47 Å². The van der Waals surface area contributed by atoms with Crippen molar-refractivity contribution in [2.24, 2.45) is 12.5 Å². The average Bonchev–Trinajstić information content (AvgIpc) is 3.16. The predicted molar refractivity (Wildman–Crippen MR) is 122 cm³/mol. The Morgan fingerprint density at radius 2 is 2.00 bits per heavy atom. The molecule has 4 nitrogen and oxygen atoms in total. The fourth-order valence-corrected chi connectivity index (χ4v) is 6.35. The number of aromatic nitrogens is 3. The molecule has 0 radical (unpaired) electrons. The highest BCUT2D eigenvalue weighted by Gasteiger charge is 2.57. The first-order valence-electron chi connectivity index (χ1n) is 10.8. The summed E-state index contributed by atoms with van der Waals surface area (Å²) in [5.41, 5.74) is 1.86. The van der Waals surface area contributed by atoms with Crippen LogP contribution in [0, 0.1) is 5.41 Å². The fraction of sp³-hybridized carbons (Fsp3) is 0.478. The Morgan fingerprint density at radius 3 is 2.72 bits per heavy atom. The van der Waals surface area contributed by atoms with Gasteiger partial charge in [-0.15, -0.1) is 10.2 Å². The predicted octanol–water partition coefficient (Wildman–Crippen LogP) is 5.92. The van der Waals surface area contributed by atoms with Crippen LogP contribution in [0.4, 0.5) is 13.2 Å². The normalized spacial score (nSPS) is 23.3. The van der Waals surface area contributed by atoms with Crippen molar-refractivity contribution in [2.45, 2.75) is 36.5 Å². The van der Waals surface area contributed by atoms with Crippen molar-refractivity contribution in [1.29, 1.82) is 0 Å². The van der Waals surface area contributed by atoms with Crippen LogP contribution in [-0.2, 0) is 13.2 Å². The molecule has 3 heterocycles.